The van der Waals surface area contributed by atoms with Crippen molar-refractivity contribution in [3.63, 3.8) is 0 Å². The molecule has 2 N–H and O–H groups in total. The van der Waals surface area contributed by atoms with E-state index >= 15 is 0 Å². The molecule has 8 nitrogen and oxygen atoms in total. The maximum atomic E-state index is 12.2. The number of esters is 1. The Morgan fingerprint density at radius 3 is 2.78 bits per heavy atom. The van der Waals surface area contributed by atoms with E-state index in [1.54, 1.807) is 24.3 Å². The molecule has 2 aliphatic rings. The van der Waals surface area contributed by atoms with Crippen LogP contribution in [0, 0.1) is 0 Å². The summed E-state index contributed by atoms with van der Waals surface area (Å²) in [5.41, 5.74) is 0.894. The molecule has 2 atom stereocenters. The molecule has 0 aromatic heterocycles. The van der Waals surface area contributed by atoms with Gasteiger partial charge >= 0.3 is 11.9 Å². The summed E-state index contributed by atoms with van der Waals surface area (Å²) >= 11 is 0. The fourth-order valence-electron chi connectivity index (χ4n) is 2.87. The number of ether oxygens (including phenoxy) is 1. The molecular formula is C15H14N2O6. The van der Waals surface area contributed by atoms with E-state index in [0.29, 0.717) is 11.1 Å². The zero-order valence-electron chi connectivity index (χ0n) is 12.0. The normalized spacial score (nSPS) is 22.7. The Labute approximate surface area is 131 Å². The molecule has 1 saturated heterocycles. The van der Waals surface area contributed by atoms with E-state index in [9.17, 15) is 19.2 Å². The number of likely N-dealkylation sites (tertiary alicyclic amines) is 1. The Balaban J connectivity index is 1.85. The smallest absolute Gasteiger partial charge is 0.340 e. The van der Waals surface area contributed by atoms with Crippen molar-refractivity contribution < 1.29 is 29.0 Å². The Morgan fingerprint density at radius 2 is 2.04 bits per heavy atom. The number of benzene rings is 1. The summed E-state index contributed by atoms with van der Waals surface area (Å²) in [6, 6.07) is 5.81. The maximum absolute atomic E-state index is 12.2. The lowest BCUT2D eigenvalue weighted by molar-refractivity contribution is -0.146. The van der Waals surface area contributed by atoms with Crippen LogP contribution < -0.4 is 5.32 Å². The Kier molecular flexibility index (Phi) is 3.73. The fraction of sp³-hybridized carbons (Fsp3) is 0.333. The van der Waals surface area contributed by atoms with Crippen molar-refractivity contribution in [2.24, 2.45) is 0 Å². The maximum Gasteiger partial charge on any atom is 0.340 e. The average Bonchev–Trinajstić information content (AvgIpc) is 3.06. The van der Waals surface area contributed by atoms with Gasteiger partial charge in [-0.05, 0) is 12.5 Å². The summed E-state index contributed by atoms with van der Waals surface area (Å²) in [5, 5.41) is 10.9. The predicted molar refractivity (Wildman–Crippen MR) is 75.1 cm³/mol. The van der Waals surface area contributed by atoms with Crippen LogP contribution in [0.1, 0.15) is 35.0 Å². The first-order chi connectivity index (χ1) is 11.0. The van der Waals surface area contributed by atoms with Crippen LogP contribution in [0.15, 0.2) is 24.3 Å². The highest BCUT2D eigenvalue weighted by Crippen LogP contribution is 2.38. The van der Waals surface area contributed by atoms with Crippen molar-refractivity contribution in [3.8, 4) is 0 Å². The van der Waals surface area contributed by atoms with E-state index in [4.69, 9.17) is 9.84 Å². The van der Waals surface area contributed by atoms with Crippen molar-refractivity contribution in [3.05, 3.63) is 35.4 Å². The van der Waals surface area contributed by atoms with Gasteiger partial charge in [0.15, 0.2) is 0 Å². The monoisotopic (exact) mass is 318 g/mol. The highest BCUT2D eigenvalue weighted by molar-refractivity contribution is 5.96. The van der Waals surface area contributed by atoms with Gasteiger partial charge < -0.3 is 15.2 Å². The number of cyclic esters (lactones) is 1. The molecule has 0 radical (unpaired) electrons. The van der Waals surface area contributed by atoms with Gasteiger partial charge in [-0.1, -0.05) is 18.2 Å². The molecule has 0 spiro atoms. The van der Waals surface area contributed by atoms with Gasteiger partial charge in [0.1, 0.15) is 12.6 Å². The number of carboxylic acids is 1. The summed E-state index contributed by atoms with van der Waals surface area (Å²) in [7, 11) is 0. The highest BCUT2D eigenvalue weighted by Gasteiger charge is 2.46. The van der Waals surface area contributed by atoms with Crippen LogP contribution in [0.2, 0.25) is 0 Å². The first-order valence-corrected chi connectivity index (χ1v) is 7.09. The third-order valence-electron chi connectivity index (χ3n) is 3.89. The van der Waals surface area contributed by atoms with Crippen LogP contribution in [0.5, 0.6) is 0 Å². The number of aliphatic carboxylic acids is 1. The van der Waals surface area contributed by atoms with Crippen LogP contribution in [-0.4, -0.2) is 46.3 Å². The number of rotatable bonds is 4. The minimum absolute atomic E-state index is 0.140. The molecule has 0 saturated carbocycles. The van der Waals surface area contributed by atoms with E-state index in [1.807, 2.05) is 0 Å². The Hall–Kier alpha value is -2.90. The van der Waals surface area contributed by atoms with E-state index < -0.39 is 36.7 Å². The minimum Gasteiger partial charge on any atom is -0.480 e. The Morgan fingerprint density at radius 1 is 1.30 bits per heavy atom. The van der Waals surface area contributed by atoms with E-state index in [2.05, 4.69) is 5.32 Å². The zero-order chi connectivity index (χ0) is 16.6. The minimum atomic E-state index is -1.17. The lowest BCUT2D eigenvalue weighted by Gasteiger charge is -2.29. The number of hydrogen-bond acceptors (Lipinski definition) is 5. The molecule has 2 heterocycles. The van der Waals surface area contributed by atoms with Gasteiger partial charge in [-0.15, -0.1) is 0 Å². The number of nitrogens with zero attached hydrogens (tertiary/aromatic N) is 1. The Bertz CT molecular complexity index is 701. The average molecular weight is 318 g/mol. The number of carbonyl (C=O) groups is 4. The third-order valence-corrected chi connectivity index (χ3v) is 3.89. The largest absolute Gasteiger partial charge is 0.480 e. The predicted octanol–water partition coefficient (Wildman–Crippen LogP) is 0.0474. The molecule has 0 bridgehead atoms. The van der Waals surface area contributed by atoms with Crippen LogP contribution in [0.3, 0.4) is 0 Å². The number of fused-ring (bicyclic) bond motifs is 1. The second-order valence-electron chi connectivity index (χ2n) is 5.31. The molecule has 1 aromatic rings. The molecule has 8 heteroatoms. The molecule has 2 amide bonds. The van der Waals surface area contributed by atoms with Crippen LogP contribution in [-0.2, 0) is 19.1 Å². The summed E-state index contributed by atoms with van der Waals surface area (Å²) in [6.07, 6.45) is -0.559. The van der Waals surface area contributed by atoms with E-state index in [1.165, 1.54) is 4.90 Å². The van der Waals surface area contributed by atoms with Gasteiger partial charge in [0.25, 0.3) is 0 Å². The lowest BCUT2D eigenvalue weighted by Crippen LogP contribution is -2.47. The summed E-state index contributed by atoms with van der Waals surface area (Å²) in [4.78, 5) is 48.0. The summed E-state index contributed by atoms with van der Waals surface area (Å²) < 4.78 is 5.26. The molecule has 3 rings (SSSR count). The van der Waals surface area contributed by atoms with Gasteiger partial charge in [0, 0.05) is 12.0 Å². The third kappa shape index (κ3) is 2.63. The van der Waals surface area contributed by atoms with Crippen molar-refractivity contribution >= 4 is 23.8 Å². The van der Waals surface area contributed by atoms with Gasteiger partial charge in [0.05, 0.1) is 5.56 Å². The molecule has 0 aliphatic carbocycles. The van der Waals surface area contributed by atoms with Gasteiger partial charge in [0.2, 0.25) is 18.0 Å². The second-order valence-corrected chi connectivity index (χ2v) is 5.31. The van der Waals surface area contributed by atoms with Crippen LogP contribution >= 0.6 is 0 Å². The number of carboxylic acid groups (broad SMARTS) is 1. The first-order valence-electron chi connectivity index (χ1n) is 7.09. The number of nitrogens with one attached hydrogen (secondary N) is 1. The number of hydrogen-bond donors (Lipinski definition) is 2. The fourth-order valence-corrected chi connectivity index (χ4v) is 2.87. The highest BCUT2D eigenvalue weighted by atomic mass is 16.6. The molecule has 120 valence electrons. The SMILES string of the molecule is O=C(O)CNC(=O)C1CCC(=O)N1C1OC(=O)c2ccccc21. The molecule has 23 heavy (non-hydrogen) atoms. The molecule has 2 aliphatic heterocycles. The first kappa shape index (κ1) is 15.0. The molecule has 1 aromatic carbocycles. The molecule has 1 fully saturated rings. The van der Waals surface area contributed by atoms with Gasteiger partial charge in [-0.3, -0.25) is 19.3 Å². The van der Waals surface area contributed by atoms with Crippen molar-refractivity contribution in [1.29, 1.82) is 0 Å². The lowest BCUT2D eigenvalue weighted by atomic mass is 10.1. The van der Waals surface area contributed by atoms with Crippen molar-refractivity contribution in [2.45, 2.75) is 25.1 Å². The second kappa shape index (κ2) is 5.71. The van der Waals surface area contributed by atoms with E-state index in [-0.39, 0.29) is 18.7 Å². The standard InChI is InChI=1S/C15H14N2O6/c18-11-6-5-10(13(21)16-7-12(19)20)17(11)14-8-3-1-2-4-9(8)15(22)23-14/h1-4,10,14H,5-7H2,(H,16,21)(H,19,20). The van der Waals surface area contributed by atoms with E-state index in [0.717, 1.165) is 0 Å². The quantitative estimate of drug-likeness (QED) is 0.758. The van der Waals surface area contributed by atoms with Gasteiger partial charge in [-0.25, -0.2) is 4.79 Å². The molecular weight excluding hydrogens is 304 g/mol. The topological polar surface area (TPSA) is 113 Å². The molecule has 2 unspecified atom stereocenters. The van der Waals surface area contributed by atoms with Crippen LogP contribution in [0.4, 0.5) is 0 Å². The van der Waals surface area contributed by atoms with Crippen LogP contribution in [0.25, 0.3) is 0 Å². The van der Waals surface area contributed by atoms with Crippen molar-refractivity contribution in [2.75, 3.05) is 6.54 Å². The number of carbonyl (C=O) groups excluding carboxylic acids is 3. The summed E-state index contributed by atoms with van der Waals surface area (Å²) in [5.74, 6) is -2.60. The number of amides is 2. The van der Waals surface area contributed by atoms with Gasteiger partial charge in [-0.2, -0.15) is 0 Å². The zero-order valence-corrected chi connectivity index (χ0v) is 12.0. The summed E-state index contributed by atoms with van der Waals surface area (Å²) in [6.45, 7) is -0.529. The van der Waals surface area contributed by atoms with Crippen molar-refractivity contribution in [1.82, 2.24) is 10.2 Å².